The van der Waals surface area contributed by atoms with Gasteiger partial charge in [0.25, 0.3) is 0 Å². The number of benzene rings is 3. The lowest BCUT2D eigenvalue weighted by atomic mass is 9.74. The molecular weight excluding hydrogens is 414 g/mol. The van der Waals surface area contributed by atoms with E-state index < -0.39 is 0 Å². The number of nitrogens with two attached hydrogens (primary N) is 3. The third kappa shape index (κ3) is 4.41. The van der Waals surface area contributed by atoms with Crippen LogP contribution in [-0.2, 0) is 38.5 Å². The van der Waals surface area contributed by atoms with Gasteiger partial charge in [-0.15, -0.1) is 0 Å². The minimum Gasteiger partial charge on any atom is -0.398 e. The first kappa shape index (κ1) is 25.7. The molecule has 0 saturated carbocycles. The van der Waals surface area contributed by atoms with E-state index in [0.29, 0.717) is 0 Å². The monoisotopic (exact) mass is 457 g/mol. The molecule has 3 heteroatoms. The first-order valence-electron chi connectivity index (χ1n) is 13.1. The fourth-order valence-corrected chi connectivity index (χ4v) is 6.01. The minimum absolute atomic E-state index is 0.113. The van der Waals surface area contributed by atoms with E-state index in [9.17, 15) is 0 Å². The molecule has 3 aromatic rings. The van der Waals surface area contributed by atoms with Gasteiger partial charge in [0.05, 0.1) is 0 Å². The lowest BCUT2D eigenvalue weighted by Crippen LogP contribution is -2.16. The summed E-state index contributed by atoms with van der Waals surface area (Å²) in [6.07, 6.45) is 5.65. The molecule has 0 fully saturated rings. The van der Waals surface area contributed by atoms with Crippen LogP contribution >= 0.6 is 0 Å². The normalized spacial score (nSPS) is 11.4. The Hall–Kier alpha value is -2.94. The molecule has 3 nitrogen and oxygen atoms in total. The molecule has 0 heterocycles. The molecule has 182 valence electrons. The Bertz CT molecular complexity index is 1010. The summed E-state index contributed by atoms with van der Waals surface area (Å²) in [5, 5.41) is 0. The van der Waals surface area contributed by atoms with E-state index in [1.807, 2.05) is 0 Å². The molecule has 6 N–H and O–H groups in total. The predicted molar refractivity (Wildman–Crippen MR) is 150 cm³/mol. The maximum Gasteiger partial charge on any atom is 0.0349 e. The van der Waals surface area contributed by atoms with E-state index in [4.69, 9.17) is 17.2 Å². The molecule has 0 aliphatic heterocycles. The van der Waals surface area contributed by atoms with Crippen molar-refractivity contribution >= 4 is 17.1 Å². The number of anilines is 3. The zero-order valence-corrected chi connectivity index (χ0v) is 22.0. The zero-order chi connectivity index (χ0) is 25.0. The predicted octanol–water partition coefficient (Wildman–Crippen LogP) is 6.99. The molecule has 0 atom stereocenters. The van der Waals surface area contributed by atoms with Gasteiger partial charge in [0.1, 0.15) is 0 Å². The Morgan fingerprint density at radius 2 is 0.647 bits per heavy atom. The molecule has 34 heavy (non-hydrogen) atoms. The van der Waals surface area contributed by atoms with Gasteiger partial charge < -0.3 is 17.2 Å². The first-order valence-corrected chi connectivity index (χ1v) is 13.1. The molecule has 0 radical (unpaired) electrons. The van der Waals surface area contributed by atoms with Crippen molar-refractivity contribution in [3.8, 4) is 0 Å². The summed E-state index contributed by atoms with van der Waals surface area (Å²) in [4.78, 5) is 0. The second-order valence-electron chi connectivity index (χ2n) is 9.16. The van der Waals surface area contributed by atoms with Gasteiger partial charge in [-0.3, -0.25) is 0 Å². The van der Waals surface area contributed by atoms with E-state index in [2.05, 4.69) is 77.9 Å². The zero-order valence-electron chi connectivity index (χ0n) is 22.0. The van der Waals surface area contributed by atoms with Gasteiger partial charge in [0.2, 0.25) is 0 Å². The molecule has 0 aliphatic rings. The highest BCUT2D eigenvalue weighted by molar-refractivity contribution is 5.65. The quantitative estimate of drug-likeness (QED) is 0.239. The summed E-state index contributed by atoms with van der Waals surface area (Å²) in [5.41, 5.74) is 34.1. The van der Waals surface area contributed by atoms with E-state index in [1.54, 1.807) is 0 Å². The summed E-state index contributed by atoms with van der Waals surface area (Å²) < 4.78 is 0. The second-order valence-corrected chi connectivity index (χ2v) is 9.16. The fraction of sp³-hybridized carbons (Fsp3) is 0.419. The Morgan fingerprint density at radius 3 is 0.853 bits per heavy atom. The highest BCUT2D eigenvalue weighted by Crippen LogP contribution is 2.43. The van der Waals surface area contributed by atoms with Crippen molar-refractivity contribution < 1.29 is 0 Å². The highest BCUT2D eigenvalue weighted by Gasteiger charge is 2.27. The molecule has 0 aromatic heterocycles. The van der Waals surface area contributed by atoms with Gasteiger partial charge in [-0.1, -0.05) is 59.7 Å². The lowest BCUT2D eigenvalue weighted by molar-refractivity contribution is 0.865. The Balaban J connectivity index is 2.50. The number of hydrogen-bond acceptors (Lipinski definition) is 3. The second kappa shape index (κ2) is 11.0. The van der Waals surface area contributed by atoms with Gasteiger partial charge in [0, 0.05) is 23.0 Å². The van der Waals surface area contributed by atoms with Crippen LogP contribution in [-0.4, -0.2) is 0 Å². The molecule has 3 aromatic carbocycles. The van der Waals surface area contributed by atoms with E-state index in [-0.39, 0.29) is 5.92 Å². The fourth-order valence-electron chi connectivity index (χ4n) is 6.01. The number of nitrogen functional groups attached to an aromatic ring is 3. The van der Waals surface area contributed by atoms with E-state index in [1.165, 1.54) is 50.1 Å². The standard InChI is InChI=1S/C31H43N3/c1-7-19-22(10-4)28(32)16-13-25(19)31(26-14-17-29(33)23(11-5)20(26)8-2)27-15-18-30(34)24(12-6)21(27)9-3/h13-18,31H,7-12,32-34H2,1-6H3. The largest absolute Gasteiger partial charge is 0.398 e. The van der Waals surface area contributed by atoms with Gasteiger partial charge >= 0.3 is 0 Å². The Kier molecular flexibility index (Phi) is 8.30. The van der Waals surface area contributed by atoms with Crippen LogP contribution in [0.3, 0.4) is 0 Å². The summed E-state index contributed by atoms with van der Waals surface area (Å²) in [6, 6.07) is 13.1. The van der Waals surface area contributed by atoms with Gasteiger partial charge in [0.15, 0.2) is 0 Å². The van der Waals surface area contributed by atoms with E-state index in [0.717, 1.165) is 55.6 Å². The molecule has 0 spiro atoms. The van der Waals surface area contributed by atoms with Gasteiger partial charge in [-0.2, -0.15) is 0 Å². The van der Waals surface area contributed by atoms with E-state index >= 15 is 0 Å². The average molecular weight is 458 g/mol. The van der Waals surface area contributed by atoms with Crippen LogP contribution in [0.5, 0.6) is 0 Å². The van der Waals surface area contributed by atoms with Crippen molar-refractivity contribution in [1.82, 2.24) is 0 Å². The van der Waals surface area contributed by atoms with Crippen molar-refractivity contribution in [3.05, 3.63) is 86.5 Å². The van der Waals surface area contributed by atoms with Crippen molar-refractivity contribution in [2.24, 2.45) is 0 Å². The molecule has 0 unspecified atom stereocenters. The summed E-state index contributed by atoms with van der Waals surface area (Å²) in [7, 11) is 0. The average Bonchev–Trinajstić information content (AvgIpc) is 2.85. The summed E-state index contributed by atoms with van der Waals surface area (Å²) in [5.74, 6) is 0.113. The molecule has 0 amide bonds. The van der Waals surface area contributed by atoms with Gasteiger partial charge in [-0.05, 0) is 107 Å². The van der Waals surface area contributed by atoms with Crippen molar-refractivity contribution in [1.29, 1.82) is 0 Å². The first-order chi connectivity index (χ1) is 16.4. The smallest absolute Gasteiger partial charge is 0.0349 e. The topological polar surface area (TPSA) is 78.1 Å². The maximum absolute atomic E-state index is 6.46. The van der Waals surface area contributed by atoms with Crippen LogP contribution in [0.15, 0.2) is 36.4 Å². The number of rotatable bonds is 9. The number of hydrogen-bond donors (Lipinski definition) is 3. The molecule has 0 aliphatic carbocycles. The van der Waals surface area contributed by atoms with Gasteiger partial charge in [-0.25, -0.2) is 0 Å². The Morgan fingerprint density at radius 1 is 0.412 bits per heavy atom. The molecular formula is C31H43N3. The van der Waals surface area contributed by atoms with Crippen molar-refractivity contribution in [2.45, 2.75) is 86.0 Å². The Labute approximate surface area is 206 Å². The van der Waals surface area contributed by atoms with Crippen LogP contribution in [0.25, 0.3) is 0 Å². The highest BCUT2D eigenvalue weighted by atomic mass is 14.6. The lowest BCUT2D eigenvalue weighted by Gasteiger charge is -2.30. The third-order valence-corrected chi connectivity index (χ3v) is 7.57. The van der Waals surface area contributed by atoms with Crippen LogP contribution < -0.4 is 17.2 Å². The molecule has 0 saturated heterocycles. The molecule has 0 bridgehead atoms. The molecule has 3 rings (SSSR count). The van der Waals surface area contributed by atoms with Crippen LogP contribution in [0.4, 0.5) is 17.1 Å². The maximum atomic E-state index is 6.46. The van der Waals surface area contributed by atoms with Crippen LogP contribution in [0.1, 0.15) is 97.5 Å². The minimum atomic E-state index is 0.113. The van der Waals surface area contributed by atoms with Crippen molar-refractivity contribution in [3.63, 3.8) is 0 Å². The third-order valence-electron chi connectivity index (χ3n) is 7.57. The summed E-state index contributed by atoms with van der Waals surface area (Å²) >= 11 is 0. The van der Waals surface area contributed by atoms with Crippen LogP contribution in [0.2, 0.25) is 0 Å². The summed E-state index contributed by atoms with van der Waals surface area (Å²) in [6.45, 7) is 13.4. The SMILES string of the molecule is CCc1c(N)ccc(C(c2ccc(N)c(CC)c2CC)c2ccc(N)c(CC)c2CC)c1CC. The van der Waals surface area contributed by atoms with Crippen molar-refractivity contribution in [2.75, 3.05) is 17.2 Å². The van der Waals surface area contributed by atoms with Crippen LogP contribution in [0, 0.1) is 0 Å².